The fourth-order valence-electron chi connectivity index (χ4n) is 2.58. The highest BCUT2D eigenvalue weighted by Gasteiger charge is 2.24. The standard InChI is InChI=1S/C17H14BrIN2O2/c18-11-7-8-13(19)12(10-11)17(23)20-14-4-1-2-5-15(14)21-9-3-6-16(21)22/h1-2,4-5,7-8,10H,3,6,9H2,(H,20,23). The zero-order chi connectivity index (χ0) is 16.4. The van der Waals surface area contributed by atoms with Gasteiger partial charge in [-0.05, 0) is 59.3 Å². The Labute approximate surface area is 156 Å². The lowest BCUT2D eigenvalue weighted by Gasteiger charge is -2.20. The maximum atomic E-state index is 12.6. The van der Waals surface area contributed by atoms with Gasteiger partial charge in [-0.2, -0.15) is 0 Å². The summed E-state index contributed by atoms with van der Waals surface area (Å²) in [7, 11) is 0. The minimum absolute atomic E-state index is 0.101. The number of amides is 2. The second-order valence-corrected chi connectivity index (χ2v) is 7.32. The van der Waals surface area contributed by atoms with Crippen molar-refractivity contribution in [1.29, 1.82) is 0 Å². The summed E-state index contributed by atoms with van der Waals surface area (Å²) in [6, 6.07) is 13.0. The van der Waals surface area contributed by atoms with Crippen LogP contribution in [-0.4, -0.2) is 18.4 Å². The van der Waals surface area contributed by atoms with Crippen LogP contribution in [0.4, 0.5) is 11.4 Å². The Bertz CT molecular complexity index is 779. The van der Waals surface area contributed by atoms with E-state index in [9.17, 15) is 9.59 Å². The normalized spacial score (nSPS) is 14.2. The molecule has 2 aromatic rings. The number of hydrogen-bond donors (Lipinski definition) is 1. The van der Waals surface area contributed by atoms with Gasteiger partial charge in [0.15, 0.2) is 0 Å². The Morgan fingerprint density at radius 2 is 2.00 bits per heavy atom. The van der Waals surface area contributed by atoms with Crippen LogP contribution in [0.1, 0.15) is 23.2 Å². The molecule has 1 heterocycles. The molecule has 1 N–H and O–H groups in total. The van der Waals surface area contributed by atoms with E-state index in [1.165, 1.54) is 0 Å². The summed E-state index contributed by atoms with van der Waals surface area (Å²) >= 11 is 5.53. The van der Waals surface area contributed by atoms with Gasteiger partial charge in [-0.3, -0.25) is 9.59 Å². The lowest BCUT2D eigenvalue weighted by Crippen LogP contribution is -2.25. The van der Waals surface area contributed by atoms with Crippen molar-refractivity contribution < 1.29 is 9.59 Å². The van der Waals surface area contributed by atoms with Crippen LogP contribution in [-0.2, 0) is 4.79 Å². The molecule has 1 fully saturated rings. The van der Waals surface area contributed by atoms with E-state index in [1.807, 2.05) is 36.4 Å². The Kier molecular flexibility index (Phi) is 5.01. The maximum Gasteiger partial charge on any atom is 0.256 e. The molecule has 4 nitrogen and oxygen atoms in total. The summed E-state index contributed by atoms with van der Waals surface area (Å²) < 4.78 is 1.73. The van der Waals surface area contributed by atoms with E-state index < -0.39 is 0 Å². The first-order valence-corrected chi connectivity index (χ1v) is 9.09. The highest BCUT2D eigenvalue weighted by molar-refractivity contribution is 14.1. The molecule has 2 aromatic carbocycles. The number of halogens is 2. The fourth-order valence-corrected chi connectivity index (χ4v) is 3.52. The number of para-hydroxylation sites is 2. The average molecular weight is 485 g/mol. The van der Waals surface area contributed by atoms with E-state index in [2.05, 4.69) is 43.8 Å². The van der Waals surface area contributed by atoms with Gasteiger partial charge in [-0.15, -0.1) is 0 Å². The van der Waals surface area contributed by atoms with E-state index >= 15 is 0 Å². The smallest absolute Gasteiger partial charge is 0.256 e. The molecule has 0 saturated carbocycles. The Morgan fingerprint density at radius 1 is 1.22 bits per heavy atom. The maximum absolute atomic E-state index is 12.6. The average Bonchev–Trinajstić information content (AvgIpc) is 2.96. The van der Waals surface area contributed by atoms with E-state index in [-0.39, 0.29) is 11.8 Å². The molecular formula is C17H14BrIN2O2. The summed E-state index contributed by atoms with van der Waals surface area (Å²) in [4.78, 5) is 26.3. The molecule has 23 heavy (non-hydrogen) atoms. The Morgan fingerprint density at radius 3 is 2.74 bits per heavy atom. The predicted octanol–water partition coefficient (Wildman–Crippen LogP) is 4.43. The monoisotopic (exact) mass is 484 g/mol. The van der Waals surface area contributed by atoms with Crippen molar-refractivity contribution >= 4 is 61.7 Å². The van der Waals surface area contributed by atoms with Gasteiger partial charge in [0.25, 0.3) is 5.91 Å². The van der Waals surface area contributed by atoms with Crippen molar-refractivity contribution in [2.24, 2.45) is 0 Å². The van der Waals surface area contributed by atoms with Crippen LogP contribution in [0.15, 0.2) is 46.9 Å². The first-order chi connectivity index (χ1) is 11.1. The summed E-state index contributed by atoms with van der Waals surface area (Å²) in [5.41, 5.74) is 2.01. The molecule has 1 saturated heterocycles. The molecule has 0 unspecified atom stereocenters. The minimum atomic E-state index is -0.185. The van der Waals surface area contributed by atoms with Crippen LogP contribution in [0, 0.1) is 3.57 Å². The molecular weight excluding hydrogens is 471 g/mol. The highest BCUT2D eigenvalue weighted by atomic mass is 127. The zero-order valence-corrected chi connectivity index (χ0v) is 15.9. The van der Waals surface area contributed by atoms with Crippen LogP contribution in [0.25, 0.3) is 0 Å². The summed E-state index contributed by atoms with van der Waals surface area (Å²) in [6.45, 7) is 0.695. The van der Waals surface area contributed by atoms with E-state index in [4.69, 9.17) is 0 Å². The second kappa shape index (κ2) is 7.00. The third-order valence-electron chi connectivity index (χ3n) is 3.69. The van der Waals surface area contributed by atoms with Crippen molar-refractivity contribution in [2.75, 3.05) is 16.8 Å². The van der Waals surface area contributed by atoms with Crippen molar-refractivity contribution in [2.45, 2.75) is 12.8 Å². The SMILES string of the molecule is O=C(Nc1ccccc1N1CCCC1=O)c1cc(Br)ccc1I. The predicted molar refractivity (Wildman–Crippen MR) is 103 cm³/mol. The van der Waals surface area contributed by atoms with Crippen LogP contribution in [0.3, 0.4) is 0 Å². The third-order valence-corrected chi connectivity index (χ3v) is 5.12. The highest BCUT2D eigenvalue weighted by Crippen LogP contribution is 2.30. The Balaban J connectivity index is 1.90. The van der Waals surface area contributed by atoms with E-state index in [0.29, 0.717) is 24.2 Å². The number of nitrogens with zero attached hydrogens (tertiary/aromatic N) is 1. The van der Waals surface area contributed by atoms with Gasteiger partial charge in [0, 0.05) is 21.0 Å². The number of anilines is 2. The van der Waals surface area contributed by atoms with E-state index in [0.717, 1.165) is 20.2 Å². The molecule has 3 rings (SSSR count). The molecule has 0 atom stereocenters. The first-order valence-electron chi connectivity index (χ1n) is 7.22. The first kappa shape index (κ1) is 16.4. The number of nitrogens with one attached hydrogen (secondary N) is 1. The number of benzene rings is 2. The van der Waals surface area contributed by atoms with Crippen LogP contribution >= 0.6 is 38.5 Å². The number of carbonyl (C=O) groups excluding carboxylic acids is 2. The topological polar surface area (TPSA) is 49.4 Å². The van der Waals surface area contributed by atoms with Gasteiger partial charge in [-0.25, -0.2) is 0 Å². The molecule has 0 aliphatic carbocycles. The van der Waals surface area contributed by atoms with Crippen LogP contribution < -0.4 is 10.2 Å². The minimum Gasteiger partial charge on any atom is -0.320 e. The Hall–Kier alpha value is -1.41. The molecule has 0 radical (unpaired) electrons. The molecule has 1 aliphatic heterocycles. The lowest BCUT2D eigenvalue weighted by atomic mass is 10.2. The van der Waals surface area contributed by atoms with Crippen molar-refractivity contribution in [3.8, 4) is 0 Å². The zero-order valence-electron chi connectivity index (χ0n) is 12.2. The van der Waals surface area contributed by atoms with E-state index in [1.54, 1.807) is 11.0 Å². The van der Waals surface area contributed by atoms with Crippen molar-refractivity contribution in [1.82, 2.24) is 0 Å². The fraction of sp³-hybridized carbons (Fsp3) is 0.176. The number of rotatable bonds is 3. The number of hydrogen-bond acceptors (Lipinski definition) is 2. The van der Waals surface area contributed by atoms with Crippen LogP contribution in [0.2, 0.25) is 0 Å². The van der Waals surface area contributed by atoms with Gasteiger partial charge in [-0.1, -0.05) is 28.1 Å². The summed E-state index contributed by atoms with van der Waals surface area (Å²) in [5.74, 6) is -0.0847. The van der Waals surface area contributed by atoms with Gasteiger partial charge in [0.05, 0.1) is 16.9 Å². The summed E-state index contributed by atoms with van der Waals surface area (Å²) in [5, 5.41) is 2.93. The second-order valence-electron chi connectivity index (χ2n) is 5.24. The summed E-state index contributed by atoms with van der Waals surface area (Å²) in [6.07, 6.45) is 1.41. The van der Waals surface area contributed by atoms with Crippen molar-refractivity contribution in [3.63, 3.8) is 0 Å². The largest absolute Gasteiger partial charge is 0.320 e. The lowest BCUT2D eigenvalue weighted by molar-refractivity contribution is -0.117. The quantitative estimate of drug-likeness (QED) is 0.655. The molecule has 0 bridgehead atoms. The van der Waals surface area contributed by atoms with Crippen molar-refractivity contribution in [3.05, 3.63) is 56.1 Å². The molecule has 118 valence electrons. The van der Waals surface area contributed by atoms with Gasteiger partial charge >= 0.3 is 0 Å². The molecule has 2 amide bonds. The molecule has 6 heteroatoms. The molecule has 0 spiro atoms. The molecule has 0 aromatic heterocycles. The number of carbonyl (C=O) groups is 2. The van der Waals surface area contributed by atoms with Gasteiger partial charge < -0.3 is 10.2 Å². The van der Waals surface area contributed by atoms with Gasteiger partial charge in [0.1, 0.15) is 0 Å². The van der Waals surface area contributed by atoms with Gasteiger partial charge in [0.2, 0.25) is 5.91 Å². The third kappa shape index (κ3) is 3.58. The van der Waals surface area contributed by atoms with Crippen LogP contribution in [0.5, 0.6) is 0 Å². The molecule has 1 aliphatic rings.